The lowest BCUT2D eigenvalue weighted by Gasteiger charge is -2.15. The number of nitrogens with two attached hydrogens (primary N) is 1. The van der Waals surface area contributed by atoms with Crippen molar-refractivity contribution in [1.29, 1.82) is 0 Å². The topological polar surface area (TPSA) is 51.8 Å². The summed E-state index contributed by atoms with van der Waals surface area (Å²) in [5, 5.41) is 0. The Hall–Kier alpha value is -1.88. The third kappa shape index (κ3) is 2.45. The minimum Gasteiger partial charge on any atom is -0.329 e. The quantitative estimate of drug-likeness (QED) is 0.883. The van der Waals surface area contributed by atoms with Crippen LogP contribution in [0.3, 0.4) is 0 Å². The lowest BCUT2D eigenvalue weighted by atomic mass is 9.95. The van der Waals surface area contributed by atoms with Gasteiger partial charge < -0.3 is 5.73 Å². The van der Waals surface area contributed by atoms with Gasteiger partial charge in [0.25, 0.3) is 0 Å². The Balaban J connectivity index is 2.46. The Bertz CT molecular complexity index is 502. The third-order valence-electron chi connectivity index (χ3n) is 2.53. The summed E-state index contributed by atoms with van der Waals surface area (Å²) in [6.45, 7) is 0.150. The molecule has 1 aromatic carbocycles. The van der Waals surface area contributed by atoms with Crippen molar-refractivity contribution in [2.45, 2.75) is 5.92 Å². The van der Waals surface area contributed by atoms with E-state index in [1.807, 2.05) is 0 Å². The van der Waals surface area contributed by atoms with Crippen LogP contribution in [0.1, 0.15) is 17.2 Å². The number of benzene rings is 1. The van der Waals surface area contributed by atoms with Gasteiger partial charge in [-0.05, 0) is 24.3 Å². The molecule has 1 unspecified atom stereocenters. The van der Waals surface area contributed by atoms with Gasteiger partial charge in [0, 0.05) is 24.2 Å². The molecule has 0 radical (unpaired) electrons. The van der Waals surface area contributed by atoms with Gasteiger partial charge in [-0.2, -0.15) is 0 Å². The molecule has 1 atom stereocenters. The second-order valence-corrected chi connectivity index (χ2v) is 3.59. The summed E-state index contributed by atoms with van der Waals surface area (Å²) in [6, 6.07) is 4.96. The normalized spacial score (nSPS) is 12.4. The van der Waals surface area contributed by atoms with Gasteiger partial charge in [-0.15, -0.1) is 0 Å². The van der Waals surface area contributed by atoms with Crippen LogP contribution in [-0.2, 0) is 0 Å². The molecule has 3 nitrogen and oxygen atoms in total. The molecule has 2 aromatic rings. The summed E-state index contributed by atoms with van der Waals surface area (Å²) in [4.78, 5) is 7.79. The fourth-order valence-electron chi connectivity index (χ4n) is 1.70. The minimum atomic E-state index is -0.492. The van der Waals surface area contributed by atoms with Gasteiger partial charge in [0.1, 0.15) is 18.0 Å². The van der Waals surface area contributed by atoms with Crippen molar-refractivity contribution in [1.82, 2.24) is 9.97 Å². The second kappa shape index (κ2) is 4.97. The lowest BCUT2D eigenvalue weighted by Crippen LogP contribution is -2.16. The molecule has 1 aromatic heterocycles. The fraction of sp³-hybridized carbons (Fsp3) is 0.167. The minimum absolute atomic E-state index is 0.150. The number of halogens is 2. The zero-order valence-corrected chi connectivity index (χ0v) is 8.98. The standard InChI is InChI=1S/C12H11F2N3/c13-8-1-2-11(14)9(5-8)10(6-15)12-3-4-16-7-17-12/h1-5,7,10H,6,15H2. The van der Waals surface area contributed by atoms with E-state index in [0.717, 1.165) is 18.2 Å². The number of hydrogen-bond acceptors (Lipinski definition) is 3. The summed E-state index contributed by atoms with van der Waals surface area (Å²) in [5.74, 6) is -1.44. The molecule has 88 valence electrons. The van der Waals surface area contributed by atoms with E-state index in [1.165, 1.54) is 6.33 Å². The van der Waals surface area contributed by atoms with Gasteiger partial charge in [0.15, 0.2) is 0 Å². The van der Waals surface area contributed by atoms with Crippen LogP contribution in [0.5, 0.6) is 0 Å². The molecule has 0 spiro atoms. The first-order valence-corrected chi connectivity index (χ1v) is 5.13. The predicted octanol–water partition coefficient (Wildman–Crippen LogP) is 1.85. The SMILES string of the molecule is NCC(c1ccncn1)c1cc(F)ccc1F. The zero-order valence-electron chi connectivity index (χ0n) is 8.98. The molecule has 0 aliphatic heterocycles. The lowest BCUT2D eigenvalue weighted by molar-refractivity contribution is 0.572. The van der Waals surface area contributed by atoms with Gasteiger partial charge in [0.2, 0.25) is 0 Å². The van der Waals surface area contributed by atoms with E-state index in [1.54, 1.807) is 12.3 Å². The smallest absolute Gasteiger partial charge is 0.127 e. The molecule has 0 saturated heterocycles. The Morgan fingerprint density at radius 1 is 1.24 bits per heavy atom. The summed E-state index contributed by atoms with van der Waals surface area (Å²) >= 11 is 0. The summed E-state index contributed by atoms with van der Waals surface area (Å²) < 4.78 is 26.7. The van der Waals surface area contributed by atoms with Crippen LogP contribution in [0.4, 0.5) is 8.78 Å². The van der Waals surface area contributed by atoms with Crippen molar-refractivity contribution >= 4 is 0 Å². The second-order valence-electron chi connectivity index (χ2n) is 3.59. The van der Waals surface area contributed by atoms with Crippen LogP contribution in [0.2, 0.25) is 0 Å². The van der Waals surface area contributed by atoms with E-state index in [0.29, 0.717) is 5.69 Å². The van der Waals surface area contributed by atoms with E-state index in [2.05, 4.69) is 9.97 Å². The number of hydrogen-bond donors (Lipinski definition) is 1. The first-order valence-electron chi connectivity index (χ1n) is 5.13. The van der Waals surface area contributed by atoms with Gasteiger partial charge in [0.05, 0.1) is 5.69 Å². The van der Waals surface area contributed by atoms with Crippen molar-refractivity contribution in [3.63, 3.8) is 0 Å². The Labute approximate surface area is 97.3 Å². The first kappa shape index (κ1) is 11.6. The van der Waals surface area contributed by atoms with Crippen LogP contribution in [-0.4, -0.2) is 16.5 Å². The van der Waals surface area contributed by atoms with Gasteiger partial charge in [-0.1, -0.05) is 0 Å². The highest BCUT2D eigenvalue weighted by molar-refractivity contribution is 5.30. The van der Waals surface area contributed by atoms with Gasteiger partial charge in [-0.3, -0.25) is 0 Å². The van der Waals surface area contributed by atoms with Gasteiger partial charge >= 0.3 is 0 Å². The molecule has 1 heterocycles. The van der Waals surface area contributed by atoms with Crippen LogP contribution in [0.25, 0.3) is 0 Å². The summed E-state index contributed by atoms with van der Waals surface area (Å²) in [5.41, 5.74) is 6.40. The van der Waals surface area contributed by atoms with E-state index in [9.17, 15) is 8.78 Å². The van der Waals surface area contributed by atoms with Gasteiger partial charge in [-0.25, -0.2) is 18.7 Å². The monoisotopic (exact) mass is 235 g/mol. The molecular formula is C12H11F2N3. The summed E-state index contributed by atoms with van der Waals surface area (Å²) in [7, 11) is 0. The average Bonchev–Trinajstić information content (AvgIpc) is 2.36. The van der Waals surface area contributed by atoms with E-state index >= 15 is 0 Å². The van der Waals surface area contributed by atoms with E-state index < -0.39 is 17.6 Å². The Morgan fingerprint density at radius 2 is 2.06 bits per heavy atom. The van der Waals surface area contributed by atoms with Crippen molar-refractivity contribution in [3.8, 4) is 0 Å². The van der Waals surface area contributed by atoms with Crippen molar-refractivity contribution in [3.05, 3.63) is 59.7 Å². The van der Waals surface area contributed by atoms with Crippen LogP contribution in [0.15, 0.2) is 36.8 Å². The summed E-state index contributed by atoms with van der Waals surface area (Å²) in [6.07, 6.45) is 2.90. The fourth-order valence-corrected chi connectivity index (χ4v) is 1.70. The van der Waals surface area contributed by atoms with Crippen LogP contribution < -0.4 is 5.73 Å². The van der Waals surface area contributed by atoms with E-state index in [4.69, 9.17) is 5.73 Å². The average molecular weight is 235 g/mol. The molecule has 0 amide bonds. The Morgan fingerprint density at radius 3 is 2.71 bits per heavy atom. The van der Waals surface area contributed by atoms with E-state index in [-0.39, 0.29) is 12.1 Å². The molecule has 0 saturated carbocycles. The highest BCUT2D eigenvalue weighted by Gasteiger charge is 2.18. The number of nitrogens with zero attached hydrogens (tertiary/aromatic N) is 2. The maximum Gasteiger partial charge on any atom is 0.127 e. The largest absolute Gasteiger partial charge is 0.329 e. The third-order valence-corrected chi connectivity index (χ3v) is 2.53. The molecule has 17 heavy (non-hydrogen) atoms. The maximum atomic E-state index is 13.6. The molecule has 5 heteroatoms. The van der Waals surface area contributed by atoms with Crippen molar-refractivity contribution in [2.75, 3.05) is 6.54 Å². The predicted molar refractivity (Wildman–Crippen MR) is 59.3 cm³/mol. The van der Waals surface area contributed by atoms with Crippen molar-refractivity contribution < 1.29 is 8.78 Å². The molecule has 0 fully saturated rings. The highest BCUT2D eigenvalue weighted by Crippen LogP contribution is 2.24. The molecule has 0 aliphatic carbocycles. The number of rotatable bonds is 3. The Kier molecular flexibility index (Phi) is 3.39. The molecule has 2 rings (SSSR count). The molecule has 2 N–H and O–H groups in total. The van der Waals surface area contributed by atoms with Crippen LogP contribution in [0, 0.1) is 11.6 Å². The molecule has 0 aliphatic rings. The van der Waals surface area contributed by atoms with Crippen molar-refractivity contribution in [2.24, 2.45) is 5.73 Å². The molecular weight excluding hydrogens is 224 g/mol. The zero-order chi connectivity index (χ0) is 12.3. The maximum absolute atomic E-state index is 13.6. The van der Waals surface area contributed by atoms with Crippen LogP contribution >= 0.6 is 0 Å². The molecule has 0 bridgehead atoms. The highest BCUT2D eigenvalue weighted by atomic mass is 19.1. The first-order chi connectivity index (χ1) is 8.22. The number of aromatic nitrogens is 2.